The molecule has 0 spiro atoms. The molecule has 0 aliphatic rings. The number of nitrogens with one attached hydrogen (secondary N) is 1. The summed E-state index contributed by atoms with van der Waals surface area (Å²) >= 11 is 0. The van der Waals surface area contributed by atoms with E-state index in [9.17, 15) is 20.1 Å². The quantitative estimate of drug-likeness (QED) is 0.325. The third-order valence-corrected chi connectivity index (χ3v) is 4.69. The summed E-state index contributed by atoms with van der Waals surface area (Å²) in [5.74, 6) is -0.540. The Morgan fingerprint density at radius 1 is 0.967 bits per heavy atom. The van der Waals surface area contributed by atoms with E-state index < -0.39 is 5.97 Å². The predicted octanol–water partition coefficient (Wildman–Crippen LogP) is 4.45. The Labute approximate surface area is 175 Å². The summed E-state index contributed by atoms with van der Waals surface area (Å²) < 4.78 is 5.40. The predicted molar refractivity (Wildman–Crippen MR) is 115 cm³/mol. The van der Waals surface area contributed by atoms with E-state index >= 15 is 0 Å². The molecular formula is C24H25NO5. The van der Waals surface area contributed by atoms with Crippen molar-refractivity contribution in [1.29, 1.82) is 0 Å². The second kappa shape index (κ2) is 9.69. The van der Waals surface area contributed by atoms with E-state index in [2.05, 4.69) is 5.32 Å². The number of carbonyl (C=O) groups is 1. The van der Waals surface area contributed by atoms with Crippen LogP contribution in [0.25, 0.3) is 0 Å². The summed E-state index contributed by atoms with van der Waals surface area (Å²) in [7, 11) is 0. The fraction of sp³-hybridized carbons (Fsp3) is 0.208. The van der Waals surface area contributed by atoms with E-state index in [0.29, 0.717) is 11.3 Å². The van der Waals surface area contributed by atoms with Crippen molar-refractivity contribution in [1.82, 2.24) is 0 Å². The van der Waals surface area contributed by atoms with Gasteiger partial charge in [-0.05, 0) is 54.3 Å². The Balaban J connectivity index is 1.59. The molecule has 0 heterocycles. The van der Waals surface area contributed by atoms with E-state index in [4.69, 9.17) is 4.74 Å². The van der Waals surface area contributed by atoms with Crippen molar-refractivity contribution in [3.05, 3.63) is 83.4 Å². The monoisotopic (exact) mass is 407 g/mol. The molecule has 0 amide bonds. The highest BCUT2D eigenvalue weighted by Crippen LogP contribution is 2.26. The van der Waals surface area contributed by atoms with Gasteiger partial charge in [-0.1, -0.05) is 37.3 Å². The number of ether oxygens (including phenoxy) is 1. The Morgan fingerprint density at radius 2 is 1.70 bits per heavy atom. The zero-order valence-electron chi connectivity index (χ0n) is 16.7. The number of aromatic hydroxyl groups is 3. The van der Waals surface area contributed by atoms with Crippen LogP contribution in [0.2, 0.25) is 0 Å². The van der Waals surface area contributed by atoms with Crippen LogP contribution in [-0.2, 0) is 17.7 Å². The van der Waals surface area contributed by atoms with Gasteiger partial charge < -0.3 is 25.4 Å². The average Bonchev–Trinajstić information content (AvgIpc) is 2.74. The van der Waals surface area contributed by atoms with Crippen molar-refractivity contribution in [3.63, 3.8) is 0 Å². The van der Waals surface area contributed by atoms with Crippen molar-refractivity contribution in [3.8, 4) is 17.2 Å². The Morgan fingerprint density at radius 3 is 2.47 bits per heavy atom. The Kier molecular flexibility index (Phi) is 6.80. The number of hydrogen-bond donors (Lipinski definition) is 4. The molecule has 0 bridgehead atoms. The molecule has 0 radical (unpaired) electrons. The molecule has 6 heteroatoms. The van der Waals surface area contributed by atoms with Crippen molar-refractivity contribution in [2.75, 3.05) is 11.9 Å². The minimum Gasteiger partial charge on any atom is -0.508 e. The second-order valence-corrected chi connectivity index (χ2v) is 7.29. The average molecular weight is 407 g/mol. The Bertz CT molecular complexity index is 1000. The number of esters is 1. The largest absolute Gasteiger partial charge is 0.508 e. The molecule has 0 saturated carbocycles. The van der Waals surface area contributed by atoms with E-state index in [-0.39, 0.29) is 41.9 Å². The van der Waals surface area contributed by atoms with Gasteiger partial charge in [0, 0.05) is 17.8 Å². The van der Waals surface area contributed by atoms with E-state index in [1.807, 2.05) is 37.3 Å². The van der Waals surface area contributed by atoms with Crippen LogP contribution in [0.1, 0.15) is 28.4 Å². The molecule has 3 aromatic carbocycles. The highest BCUT2D eigenvalue weighted by molar-refractivity contribution is 5.93. The molecule has 4 N–H and O–H groups in total. The minimum atomic E-state index is -0.601. The third-order valence-electron chi connectivity index (χ3n) is 4.69. The van der Waals surface area contributed by atoms with Crippen molar-refractivity contribution in [2.45, 2.75) is 19.9 Å². The summed E-state index contributed by atoms with van der Waals surface area (Å²) in [6.07, 6.45) is 0.787. The van der Waals surface area contributed by atoms with Crippen LogP contribution in [0.4, 0.5) is 5.69 Å². The maximum absolute atomic E-state index is 12.5. The summed E-state index contributed by atoms with van der Waals surface area (Å²) in [6.45, 7) is 2.47. The van der Waals surface area contributed by atoms with Gasteiger partial charge in [-0.2, -0.15) is 0 Å². The van der Waals surface area contributed by atoms with E-state index in [1.165, 1.54) is 35.9 Å². The second-order valence-electron chi connectivity index (χ2n) is 7.29. The van der Waals surface area contributed by atoms with Gasteiger partial charge in [-0.3, -0.25) is 0 Å². The van der Waals surface area contributed by atoms with Crippen molar-refractivity contribution < 1.29 is 24.9 Å². The van der Waals surface area contributed by atoms with Gasteiger partial charge >= 0.3 is 5.97 Å². The molecule has 30 heavy (non-hydrogen) atoms. The smallest absolute Gasteiger partial charge is 0.341 e. The first-order valence-corrected chi connectivity index (χ1v) is 9.71. The fourth-order valence-corrected chi connectivity index (χ4v) is 3.09. The lowest BCUT2D eigenvalue weighted by molar-refractivity contribution is 0.0446. The first kappa shape index (κ1) is 21.0. The summed E-state index contributed by atoms with van der Waals surface area (Å²) in [4.78, 5) is 12.5. The molecule has 3 rings (SSSR count). The third kappa shape index (κ3) is 5.67. The molecule has 0 aliphatic carbocycles. The zero-order valence-corrected chi connectivity index (χ0v) is 16.7. The van der Waals surface area contributed by atoms with Crippen LogP contribution < -0.4 is 5.32 Å². The molecule has 1 atom stereocenters. The topological polar surface area (TPSA) is 99.0 Å². The van der Waals surface area contributed by atoms with Gasteiger partial charge in [-0.25, -0.2) is 4.79 Å². The summed E-state index contributed by atoms with van der Waals surface area (Å²) in [6, 6.07) is 18.7. The molecule has 0 fully saturated rings. The van der Waals surface area contributed by atoms with Gasteiger partial charge in [0.15, 0.2) is 0 Å². The molecule has 6 nitrogen and oxygen atoms in total. The maximum atomic E-state index is 12.5. The lowest BCUT2D eigenvalue weighted by atomic mass is 10.0. The van der Waals surface area contributed by atoms with Crippen molar-refractivity contribution >= 4 is 11.7 Å². The van der Waals surface area contributed by atoms with Gasteiger partial charge in [-0.15, -0.1) is 0 Å². The van der Waals surface area contributed by atoms with Crippen LogP contribution in [0.15, 0.2) is 66.7 Å². The van der Waals surface area contributed by atoms with Crippen LogP contribution >= 0.6 is 0 Å². The minimum absolute atomic E-state index is 0.0456. The molecule has 1 unspecified atom stereocenters. The number of carbonyl (C=O) groups excluding carboxylic acids is 1. The number of hydrogen-bond acceptors (Lipinski definition) is 6. The van der Waals surface area contributed by atoms with Crippen LogP contribution in [-0.4, -0.2) is 27.9 Å². The lowest BCUT2D eigenvalue weighted by Crippen LogP contribution is -2.14. The first-order valence-electron chi connectivity index (χ1n) is 9.71. The van der Waals surface area contributed by atoms with Crippen molar-refractivity contribution in [2.24, 2.45) is 5.92 Å². The van der Waals surface area contributed by atoms with Gasteiger partial charge in [0.25, 0.3) is 0 Å². The van der Waals surface area contributed by atoms with Crippen LogP contribution in [0.3, 0.4) is 0 Å². The number of phenols is 3. The fourth-order valence-electron chi connectivity index (χ4n) is 3.09. The van der Waals surface area contributed by atoms with Crippen LogP contribution in [0.5, 0.6) is 17.2 Å². The maximum Gasteiger partial charge on any atom is 0.341 e. The molecule has 0 saturated heterocycles. The number of phenolic OH excluding ortho intramolecular Hbond substituents is 3. The normalized spacial score (nSPS) is 11.6. The van der Waals surface area contributed by atoms with E-state index in [0.717, 1.165) is 6.42 Å². The molecular weight excluding hydrogens is 382 g/mol. The summed E-state index contributed by atoms with van der Waals surface area (Å²) in [5, 5.41) is 32.5. The van der Waals surface area contributed by atoms with Crippen LogP contribution in [0, 0.1) is 5.92 Å². The van der Waals surface area contributed by atoms with Gasteiger partial charge in [0.2, 0.25) is 0 Å². The summed E-state index contributed by atoms with van der Waals surface area (Å²) in [5.41, 5.74) is 2.30. The SMILES string of the molecule is CC(COC(=O)c1cc(NCc2cc(O)ccc2O)ccc1O)Cc1ccccc1. The number of benzene rings is 3. The van der Waals surface area contributed by atoms with Gasteiger partial charge in [0.05, 0.1) is 6.61 Å². The standard InChI is InChI=1S/C24H25NO5/c1-16(11-17-5-3-2-4-6-17)15-30-24(29)21-13-19(7-9-23(21)28)25-14-18-12-20(26)8-10-22(18)27/h2-10,12-13,16,25-28H,11,14-15H2,1H3. The molecule has 0 aromatic heterocycles. The molecule has 3 aromatic rings. The molecule has 156 valence electrons. The molecule has 0 aliphatic heterocycles. The zero-order chi connectivity index (χ0) is 21.5. The number of rotatable bonds is 8. The highest BCUT2D eigenvalue weighted by atomic mass is 16.5. The number of anilines is 1. The highest BCUT2D eigenvalue weighted by Gasteiger charge is 2.15. The first-order chi connectivity index (χ1) is 14.4. The lowest BCUT2D eigenvalue weighted by Gasteiger charge is -2.14. The Hall–Kier alpha value is -3.67. The van der Waals surface area contributed by atoms with E-state index in [1.54, 1.807) is 6.07 Å². The van der Waals surface area contributed by atoms with Gasteiger partial charge in [0.1, 0.15) is 22.8 Å².